The Labute approximate surface area is 183 Å². The summed E-state index contributed by atoms with van der Waals surface area (Å²) < 4.78 is 0. The molecule has 0 aromatic heterocycles. The van der Waals surface area contributed by atoms with Crippen LogP contribution < -0.4 is 0 Å². The van der Waals surface area contributed by atoms with E-state index in [0.717, 1.165) is 0 Å². The van der Waals surface area contributed by atoms with E-state index in [1.54, 1.807) is 0 Å². The van der Waals surface area contributed by atoms with Gasteiger partial charge in [0.15, 0.2) is 0 Å². The molecule has 29 heavy (non-hydrogen) atoms. The second-order valence-electron chi connectivity index (χ2n) is 9.59. The van der Waals surface area contributed by atoms with Crippen LogP contribution in [0.15, 0.2) is 30.3 Å². The molecular weight excluding hydrogens is 350 g/mol. The molecule has 0 aliphatic heterocycles. The molecule has 0 fully saturated rings. The first kappa shape index (κ1) is 26.2. The van der Waals surface area contributed by atoms with Gasteiger partial charge < -0.3 is 0 Å². The lowest BCUT2D eigenvalue weighted by Crippen LogP contribution is -2.38. The molecule has 1 unspecified atom stereocenters. The van der Waals surface area contributed by atoms with Gasteiger partial charge in [-0.2, -0.15) is 0 Å². The van der Waals surface area contributed by atoms with E-state index >= 15 is 0 Å². The van der Waals surface area contributed by atoms with Crippen molar-refractivity contribution in [1.82, 2.24) is 4.90 Å². The largest absolute Gasteiger partial charge is 0.300 e. The molecule has 0 aliphatic carbocycles. The molecule has 1 heteroatoms. The maximum Gasteiger partial charge on any atom is 0.0426 e. The number of unbranched alkanes of at least 4 members (excludes halogenated alkanes) is 15. The third kappa shape index (κ3) is 11.8. The molecule has 1 aromatic rings. The molecule has 0 saturated heterocycles. The lowest BCUT2D eigenvalue weighted by Gasteiger charge is -2.37. The van der Waals surface area contributed by atoms with E-state index in [9.17, 15) is 0 Å². The maximum absolute atomic E-state index is 2.40. The minimum atomic E-state index is 0.164. The Morgan fingerprint density at radius 2 is 0.966 bits per heavy atom. The first-order chi connectivity index (χ1) is 14.1. The zero-order valence-corrected chi connectivity index (χ0v) is 20.4. The van der Waals surface area contributed by atoms with Crippen molar-refractivity contribution in [3.8, 4) is 0 Å². The van der Waals surface area contributed by atoms with Crippen LogP contribution in [0.2, 0.25) is 0 Å². The maximum atomic E-state index is 2.40. The van der Waals surface area contributed by atoms with Crippen LogP contribution in [-0.4, -0.2) is 19.0 Å². The smallest absolute Gasteiger partial charge is 0.0426 e. The molecule has 1 aromatic carbocycles. The van der Waals surface area contributed by atoms with Crippen LogP contribution in [-0.2, 0) is 5.54 Å². The van der Waals surface area contributed by atoms with Gasteiger partial charge in [0, 0.05) is 5.54 Å². The van der Waals surface area contributed by atoms with Crippen molar-refractivity contribution < 1.29 is 0 Å². The minimum Gasteiger partial charge on any atom is -0.300 e. The summed E-state index contributed by atoms with van der Waals surface area (Å²) in [6.07, 6.45) is 24.2. The molecule has 0 spiro atoms. The van der Waals surface area contributed by atoms with E-state index in [1.165, 1.54) is 115 Å². The Bertz CT molecular complexity index is 466. The van der Waals surface area contributed by atoms with Crippen LogP contribution in [0, 0.1) is 0 Å². The number of rotatable bonds is 19. The van der Waals surface area contributed by atoms with Gasteiger partial charge in [0.2, 0.25) is 0 Å². The van der Waals surface area contributed by atoms with Gasteiger partial charge >= 0.3 is 0 Å². The first-order valence-electron chi connectivity index (χ1n) is 12.8. The summed E-state index contributed by atoms with van der Waals surface area (Å²) in [5, 5.41) is 0. The van der Waals surface area contributed by atoms with E-state index in [4.69, 9.17) is 0 Å². The number of hydrogen-bond acceptors (Lipinski definition) is 1. The molecule has 1 rings (SSSR count). The first-order valence-corrected chi connectivity index (χ1v) is 12.8. The van der Waals surface area contributed by atoms with Gasteiger partial charge in [-0.1, -0.05) is 140 Å². The zero-order chi connectivity index (χ0) is 21.2. The molecule has 0 radical (unpaired) electrons. The fourth-order valence-corrected chi connectivity index (χ4v) is 4.44. The Balaban J connectivity index is 1.95. The van der Waals surface area contributed by atoms with Gasteiger partial charge in [-0.05, 0) is 33.0 Å². The minimum absolute atomic E-state index is 0.164. The summed E-state index contributed by atoms with van der Waals surface area (Å²) in [5.41, 5.74) is 1.61. The zero-order valence-electron chi connectivity index (χ0n) is 20.4. The average molecular weight is 402 g/mol. The molecule has 168 valence electrons. The summed E-state index contributed by atoms with van der Waals surface area (Å²) >= 11 is 0. The third-order valence-corrected chi connectivity index (χ3v) is 6.90. The lowest BCUT2D eigenvalue weighted by molar-refractivity contribution is 0.156. The van der Waals surface area contributed by atoms with E-state index in [1.807, 2.05) is 0 Å². The van der Waals surface area contributed by atoms with E-state index in [2.05, 4.69) is 63.2 Å². The van der Waals surface area contributed by atoms with E-state index in [0.29, 0.717) is 0 Å². The Morgan fingerprint density at radius 1 is 0.586 bits per heavy atom. The van der Waals surface area contributed by atoms with Crippen molar-refractivity contribution >= 4 is 0 Å². The van der Waals surface area contributed by atoms with Gasteiger partial charge in [-0.3, -0.25) is 4.90 Å². The summed E-state index contributed by atoms with van der Waals surface area (Å²) in [7, 11) is 4.44. The van der Waals surface area contributed by atoms with Crippen LogP contribution in [0.4, 0.5) is 0 Å². The third-order valence-electron chi connectivity index (χ3n) is 6.90. The fourth-order valence-electron chi connectivity index (χ4n) is 4.44. The molecule has 0 bridgehead atoms. The van der Waals surface area contributed by atoms with Crippen molar-refractivity contribution in [2.45, 2.75) is 129 Å². The second kappa shape index (κ2) is 16.9. The standard InChI is InChI=1S/C28H51N/c1-5-6-7-8-9-10-11-12-13-14-15-16-17-18-19-23-26-28(2,29(3)4)27-24-21-20-22-25-27/h20-22,24-25H,5-19,23,26H2,1-4H3. The average Bonchev–Trinajstić information content (AvgIpc) is 2.73. The van der Waals surface area contributed by atoms with E-state index < -0.39 is 0 Å². The molecule has 1 atom stereocenters. The molecule has 0 heterocycles. The van der Waals surface area contributed by atoms with Gasteiger partial charge in [-0.25, -0.2) is 0 Å². The van der Waals surface area contributed by atoms with Crippen LogP contribution in [0.1, 0.15) is 129 Å². The van der Waals surface area contributed by atoms with E-state index in [-0.39, 0.29) is 5.54 Å². The Hall–Kier alpha value is -0.820. The van der Waals surface area contributed by atoms with Crippen molar-refractivity contribution in [1.29, 1.82) is 0 Å². The van der Waals surface area contributed by atoms with Gasteiger partial charge in [0.25, 0.3) is 0 Å². The highest BCUT2D eigenvalue weighted by molar-refractivity contribution is 5.23. The second-order valence-corrected chi connectivity index (χ2v) is 9.59. The molecule has 0 amide bonds. The van der Waals surface area contributed by atoms with Gasteiger partial charge in [0.1, 0.15) is 0 Å². The van der Waals surface area contributed by atoms with Crippen molar-refractivity contribution in [3.63, 3.8) is 0 Å². The van der Waals surface area contributed by atoms with Crippen LogP contribution in [0.25, 0.3) is 0 Å². The highest BCUT2D eigenvalue weighted by Gasteiger charge is 2.28. The predicted molar refractivity (Wildman–Crippen MR) is 132 cm³/mol. The Morgan fingerprint density at radius 3 is 1.34 bits per heavy atom. The number of benzene rings is 1. The van der Waals surface area contributed by atoms with Crippen molar-refractivity contribution in [3.05, 3.63) is 35.9 Å². The molecule has 1 nitrogen and oxygen atoms in total. The molecular formula is C28H51N. The Kier molecular flexibility index (Phi) is 15.3. The predicted octanol–water partition coefficient (Wildman–Crippen LogP) is 9.12. The summed E-state index contributed by atoms with van der Waals surface area (Å²) in [5.74, 6) is 0. The molecule has 0 N–H and O–H groups in total. The van der Waals surface area contributed by atoms with Crippen molar-refractivity contribution in [2.24, 2.45) is 0 Å². The highest BCUT2D eigenvalue weighted by atomic mass is 15.1. The van der Waals surface area contributed by atoms with Crippen LogP contribution >= 0.6 is 0 Å². The summed E-state index contributed by atoms with van der Waals surface area (Å²) in [4.78, 5) is 2.40. The van der Waals surface area contributed by atoms with Gasteiger partial charge in [0.05, 0.1) is 0 Å². The summed E-state index contributed by atoms with van der Waals surface area (Å²) in [6, 6.07) is 11.0. The number of nitrogens with zero attached hydrogens (tertiary/aromatic N) is 1. The quantitative estimate of drug-likeness (QED) is 0.209. The normalized spacial score (nSPS) is 13.7. The van der Waals surface area contributed by atoms with Crippen LogP contribution in [0.3, 0.4) is 0 Å². The highest BCUT2D eigenvalue weighted by Crippen LogP contribution is 2.31. The fraction of sp³-hybridized carbons (Fsp3) is 0.786. The summed E-state index contributed by atoms with van der Waals surface area (Å²) in [6.45, 7) is 4.69. The lowest BCUT2D eigenvalue weighted by atomic mass is 9.85. The van der Waals surface area contributed by atoms with Crippen molar-refractivity contribution in [2.75, 3.05) is 14.1 Å². The molecule has 0 saturated carbocycles. The topological polar surface area (TPSA) is 3.24 Å². The number of hydrogen-bond donors (Lipinski definition) is 0. The van der Waals surface area contributed by atoms with Crippen LogP contribution in [0.5, 0.6) is 0 Å². The van der Waals surface area contributed by atoms with Gasteiger partial charge in [-0.15, -0.1) is 0 Å². The monoisotopic (exact) mass is 401 g/mol. The SMILES string of the molecule is CCCCCCCCCCCCCCCCCCC(C)(c1ccccc1)N(C)C. The molecule has 0 aliphatic rings.